The minimum absolute atomic E-state index is 0.164. The molecule has 0 heterocycles. The largest absolute Gasteiger partial charge is 0.479 e. The van der Waals surface area contributed by atoms with E-state index in [2.05, 4.69) is 5.73 Å². The molecule has 0 saturated heterocycles. The molecule has 0 amide bonds. The van der Waals surface area contributed by atoms with Crippen LogP contribution in [0.1, 0.15) is 34.1 Å². The summed E-state index contributed by atoms with van der Waals surface area (Å²) in [5, 5.41) is 8.92. The van der Waals surface area contributed by atoms with Gasteiger partial charge in [-0.1, -0.05) is 13.8 Å². The maximum Gasteiger partial charge on any atom is 0.345 e. The van der Waals surface area contributed by atoms with Crippen LogP contribution < -0.4 is 5.73 Å². The van der Waals surface area contributed by atoms with Gasteiger partial charge in [0.2, 0.25) is 0 Å². The molecule has 0 aromatic carbocycles. The summed E-state index contributed by atoms with van der Waals surface area (Å²) in [6.07, 6.45) is -0.729. The second-order valence-electron chi connectivity index (χ2n) is 5.00. The molecule has 0 spiro atoms. The van der Waals surface area contributed by atoms with Gasteiger partial charge in [-0.05, 0) is 26.2 Å². The first-order chi connectivity index (χ1) is 7.20. The number of quaternary nitrogens is 1. The standard InChI is InChI=1S/C11H21NO4/c1-7(2)5-8(9(13)14)16-10(15)11(3,4)6-12/h7-8H,5-6,12H2,1-4H3,(H,13,14)/p+1. The van der Waals surface area contributed by atoms with Crippen molar-refractivity contribution in [3.8, 4) is 0 Å². The van der Waals surface area contributed by atoms with E-state index in [-0.39, 0.29) is 5.92 Å². The molecule has 0 aromatic heterocycles. The molecule has 0 bridgehead atoms. The van der Waals surface area contributed by atoms with Crippen molar-refractivity contribution in [2.45, 2.75) is 40.2 Å². The third-order valence-corrected chi connectivity index (χ3v) is 2.39. The van der Waals surface area contributed by atoms with Gasteiger partial charge in [0.25, 0.3) is 0 Å². The fraction of sp³-hybridized carbons (Fsp3) is 0.818. The quantitative estimate of drug-likeness (QED) is 0.644. The Morgan fingerprint density at radius 2 is 1.88 bits per heavy atom. The van der Waals surface area contributed by atoms with E-state index in [1.807, 2.05) is 13.8 Å². The van der Waals surface area contributed by atoms with Gasteiger partial charge < -0.3 is 15.6 Å². The average Bonchev–Trinajstić information content (AvgIpc) is 2.15. The predicted octanol–water partition coefficient (Wildman–Crippen LogP) is 0.297. The number of hydrogen-bond acceptors (Lipinski definition) is 3. The van der Waals surface area contributed by atoms with Gasteiger partial charge in [0, 0.05) is 0 Å². The zero-order valence-electron chi connectivity index (χ0n) is 10.4. The summed E-state index contributed by atoms with van der Waals surface area (Å²) in [5.41, 5.74) is 2.91. The van der Waals surface area contributed by atoms with Crippen LogP contribution in [-0.2, 0) is 14.3 Å². The Balaban J connectivity index is 4.52. The number of carbonyl (C=O) groups is 2. The Morgan fingerprint density at radius 1 is 1.38 bits per heavy atom. The van der Waals surface area contributed by atoms with Gasteiger partial charge in [-0.2, -0.15) is 0 Å². The van der Waals surface area contributed by atoms with Crippen LogP contribution in [0.4, 0.5) is 0 Å². The van der Waals surface area contributed by atoms with E-state index < -0.39 is 23.5 Å². The summed E-state index contributed by atoms with van der Waals surface area (Å²) >= 11 is 0. The summed E-state index contributed by atoms with van der Waals surface area (Å²) in [4.78, 5) is 22.6. The average molecular weight is 232 g/mol. The molecule has 16 heavy (non-hydrogen) atoms. The van der Waals surface area contributed by atoms with E-state index in [1.165, 1.54) is 0 Å². The lowest BCUT2D eigenvalue weighted by atomic mass is 9.94. The maximum absolute atomic E-state index is 11.7. The number of aliphatic carboxylic acids is 1. The van der Waals surface area contributed by atoms with Crippen molar-refractivity contribution in [1.82, 2.24) is 0 Å². The number of rotatable bonds is 6. The van der Waals surface area contributed by atoms with Crippen molar-refractivity contribution in [3.05, 3.63) is 0 Å². The van der Waals surface area contributed by atoms with Crippen molar-refractivity contribution < 1.29 is 25.2 Å². The lowest BCUT2D eigenvalue weighted by Gasteiger charge is -2.22. The van der Waals surface area contributed by atoms with Crippen molar-refractivity contribution in [1.29, 1.82) is 0 Å². The first kappa shape index (κ1) is 14.9. The zero-order valence-corrected chi connectivity index (χ0v) is 10.4. The van der Waals surface area contributed by atoms with Gasteiger partial charge in [-0.25, -0.2) is 4.79 Å². The molecule has 1 atom stereocenters. The molecule has 0 fully saturated rings. The molecule has 0 rings (SSSR count). The summed E-state index contributed by atoms with van der Waals surface area (Å²) < 4.78 is 5.00. The van der Waals surface area contributed by atoms with Crippen LogP contribution in [0.2, 0.25) is 0 Å². The molecule has 0 saturated carbocycles. The van der Waals surface area contributed by atoms with Crippen molar-refractivity contribution in [2.24, 2.45) is 11.3 Å². The highest BCUT2D eigenvalue weighted by Gasteiger charge is 2.34. The minimum atomic E-state index is -1.10. The Morgan fingerprint density at radius 3 is 2.19 bits per heavy atom. The van der Waals surface area contributed by atoms with Crippen LogP contribution in [0.15, 0.2) is 0 Å². The van der Waals surface area contributed by atoms with Crippen molar-refractivity contribution >= 4 is 11.9 Å². The van der Waals surface area contributed by atoms with Crippen LogP contribution in [0.3, 0.4) is 0 Å². The lowest BCUT2D eigenvalue weighted by Crippen LogP contribution is -2.59. The number of carboxylic acids is 1. The molecule has 5 heteroatoms. The van der Waals surface area contributed by atoms with Crippen LogP contribution in [0, 0.1) is 11.3 Å². The smallest absolute Gasteiger partial charge is 0.345 e. The second kappa shape index (κ2) is 5.84. The lowest BCUT2D eigenvalue weighted by molar-refractivity contribution is -0.386. The SMILES string of the molecule is CC(C)CC(OC(=O)C(C)(C)C[NH3+])C(=O)O. The number of ether oxygens (including phenoxy) is 1. The van der Waals surface area contributed by atoms with Gasteiger partial charge >= 0.3 is 11.9 Å². The Labute approximate surface area is 96.0 Å². The molecule has 0 aromatic rings. The monoisotopic (exact) mass is 232 g/mol. The topological polar surface area (TPSA) is 91.2 Å². The summed E-state index contributed by atoms with van der Waals surface area (Å²) in [7, 11) is 0. The molecule has 0 aliphatic carbocycles. The normalized spacial score (nSPS) is 13.6. The van der Waals surface area contributed by atoms with E-state index >= 15 is 0 Å². The third-order valence-electron chi connectivity index (χ3n) is 2.39. The molecular weight excluding hydrogens is 210 g/mol. The fourth-order valence-corrected chi connectivity index (χ4v) is 1.02. The van der Waals surface area contributed by atoms with Gasteiger partial charge in [0.1, 0.15) is 5.41 Å². The highest BCUT2D eigenvalue weighted by Crippen LogP contribution is 2.18. The van der Waals surface area contributed by atoms with Gasteiger partial charge in [-0.3, -0.25) is 4.79 Å². The second-order valence-corrected chi connectivity index (χ2v) is 5.00. The predicted molar refractivity (Wildman–Crippen MR) is 58.5 cm³/mol. The molecule has 1 unspecified atom stereocenters. The number of carbonyl (C=O) groups excluding carboxylic acids is 1. The van der Waals surface area contributed by atoms with Crippen LogP contribution in [0.25, 0.3) is 0 Å². The number of esters is 1. The van der Waals surface area contributed by atoms with Crippen LogP contribution in [0.5, 0.6) is 0 Å². The molecule has 0 aliphatic rings. The molecular formula is C11H22NO4+. The molecule has 94 valence electrons. The summed E-state index contributed by atoms with van der Waals surface area (Å²) in [6, 6.07) is 0. The van der Waals surface area contributed by atoms with Crippen molar-refractivity contribution in [3.63, 3.8) is 0 Å². The third kappa shape index (κ3) is 4.61. The Kier molecular flexibility index (Phi) is 5.44. The van der Waals surface area contributed by atoms with E-state index in [9.17, 15) is 9.59 Å². The van der Waals surface area contributed by atoms with Crippen LogP contribution >= 0.6 is 0 Å². The minimum Gasteiger partial charge on any atom is -0.479 e. The first-order valence-corrected chi connectivity index (χ1v) is 5.44. The molecule has 5 nitrogen and oxygen atoms in total. The zero-order chi connectivity index (χ0) is 12.9. The van der Waals surface area contributed by atoms with E-state index in [0.29, 0.717) is 13.0 Å². The molecule has 0 aliphatic heterocycles. The van der Waals surface area contributed by atoms with E-state index in [1.54, 1.807) is 13.8 Å². The van der Waals surface area contributed by atoms with E-state index in [4.69, 9.17) is 9.84 Å². The molecule has 0 radical (unpaired) electrons. The summed E-state index contributed by atoms with van der Waals surface area (Å²) in [5.74, 6) is -1.44. The highest BCUT2D eigenvalue weighted by atomic mass is 16.6. The van der Waals surface area contributed by atoms with Gasteiger partial charge in [0.15, 0.2) is 6.10 Å². The summed E-state index contributed by atoms with van der Waals surface area (Å²) in [6.45, 7) is 7.53. The molecule has 4 N–H and O–H groups in total. The van der Waals surface area contributed by atoms with Crippen LogP contribution in [-0.4, -0.2) is 29.7 Å². The maximum atomic E-state index is 11.7. The first-order valence-electron chi connectivity index (χ1n) is 5.44. The van der Waals surface area contributed by atoms with E-state index in [0.717, 1.165) is 0 Å². The number of hydrogen-bond donors (Lipinski definition) is 2. The Hall–Kier alpha value is -1.10. The number of carboxylic acid groups (broad SMARTS) is 1. The fourth-order valence-electron chi connectivity index (χ4n) is 1.02. The van der Waals surface area contributed by atoms with Crippen molar-refractivity contribution in [2.75, 3.05) is 6.54 Å². The van der Waals surface area contributed by atoms with Gasteiger partial charge in [0.05, 0.1) is 6.54 Å². The Bertz CT molecular complexity index is 261. The highest BCUT2D eigenvalue weighted by molar-refractivity contribution is 5.81. The van der Waals surface area contributed by atoms with Gasteiger partial charge in [-0.15, -0.1) is 0 Å².